The first-order valence-corrected chi connectivity index (χ1v) is 11.9. The van der Waals surface area contributed by atoms with Crippen molar-refractivity contribution in [3.63, 3.8) is 0 Å². The molecule has 2 N–H and O–H groups in total. The normalized spacial score (nSPS) is 22.4. The van der Waals surface area contributed by atoms with Crippen LogP contribution in [-0.4, -0.2) is 48.2 Å². The van der Waals surface area contributed by atoms with Crippen molar-refractivity contribution in [2.24, 2.45) is 16.1 Å². The fraction of sp³-hybridized carbons (Fsp3) is 0.440. The van der Waals surface area contributed by atoms with Crippen LogP contribution in [0.15, 0.2) is 52.7 Å². The number of alkyl halides is 3. The highest BCUT2D eigenvalue weighted by Gasteiger charge is 2.42. The Hall–Kier alpha value is -3.43. The molecule has 35 heavy (non-hydrogen) atoms. The lowest BCUT2D eigenvalue weighted by Gasteiger charge is -2.35. The number of fused-ring (bicyclic) bond motifs is 1. The summed E-state index contributed by atoms with van der Waals surface area (Å²) in [6, 6.07) is 13.2. The molecule has 1 fully saturated rings. The highest BCUT2D eigenvalue weighted by atomic mass is 19.4. The van der Waals surface area contributed by atoms with Gasteiger partial charge in [-0.2, -0.15) is 18.3 Å². The van der Waals surface area contributed by atoms with Gasteiger partial charge in [0.05, 0.1) is 35.3 Å². The molecule has 2 aromatic rings. The quantitative estimate of drug-likeness (QED) is 0.674. The SMILES string of the molecule is O=C(NC1=NN=C(c2ccccc2)C1)C1CCCNc2ccc(N3CCCC(C(F)(F)F)C3)nc21. The van der Waals surface area contributed by atoms with Crippen LogP contribution in [0.4, 0.5) is 24.7 Å². The molecule has 1 amide bonds. The topological polar surface area (TPSA) is 82.0 Å². The Morgan fingerprint density at radius 2 is 1.89 bits per heavy atom. The molecule has 184 valence electrons. The van der Waals surface area contributed by atoms with Crippen LogP contribution in [0.5, 0.6) is 0 Å². The number of carbonyl (C=O) groups is 1. The van der Waals surface area contributed by atoms with Crippen LogP contribution in [0.3, 0.4) is 0 Å². The summed E-state index contributed by atoms with van der Waals surface area (Å²) in [5.41, 5.74) is 3.04. The number of anilines is 2. The summed E-state index contributed by atoms with van der Waals surface area (Å²) in [5.74, 6) is -1.17. The lowest BCUT2D eigenvalue weighted by Crippen LogP contribution is -2.42. The van der Waals surface area contributed by atoms with Gasteiger partial charge >= 0.3 is 6.18 Å². The summed E-state index contributed by atoms with van der Waals surface area (Å²) < 4.78 is 40.0. The number of halogens is 3. The number of hydrogen-bond acceptors (Lipinski definition) is 6. The van der Waals surface area contributed by atoms with Crippen molar-refractivity contribution in [3.8, 4) is 0 Å². The third kappa shape index (κ3) is 5.16. The molecular formula is C25H27F3N6O. The van der Waals surface area contributed by atoms with Crippen LogP contribution in [0, 0.1) is 5.92 Å². The van der Waals surface area contributed by atoms with E-state index in [0.717, 1.165) is 23.4 Å². The number of amidine groups is 1. The van der Waals surface area contributed by atoms with Crippen LogP contribution in [0.25, 0.3) is 0 Å². The van der Waals surface area contributed by atoms with Gasteiger partial charge in [-0.05, 0) is 43.4 Å². The van der Waals surface area contributed by atoms with Crippen LogP contribution in [0.1, 0.15) is 49.3 Å². The van der Waals surface area contributed by atoms with Gasteiger partial charge in [0.15, 0.2) is 0 Å². The van der Waals surface area contributed by atoms with Gasteiger partial charge in [-0.3, -0.25) is 4.79 Å². The Morgan fingerprint density at radius 1 is 1.06 bits per heavy atom. The lowest BCUT2D eigenvalue weighted by atomic mass is 9.96. The van der Waals surface area contributed by atoms with E-state index in [2.05, 4.69) is 20.8 Å². The highest BCUT2D eigenvalue weighted by molar-refractivity contribution is 6.17. The Balaban J connectivity index is 1.32. The number of aromatic nitrogens is 1. The number of amides is 1. The van der Waals surface area contributed by atoms with Crippen LogP contribution >= 0.6 is 0 Å². The molecule has 4 heterocycles. The third-order valence-electron chi connectivity index (χ3n) is 6.75. The standard InChI is InChI=1S/C25H27F3N6O/c26-25(27,28)17-8-5-13-34(15-17)22-11-10-19-23(31-22)18(9-4-12-29-19)24(35)30-21-14-20(32-33-21)16-6-2-1-3-7-16/h1-3,6-7,10-11,17-18,29H,4-5,8-9,12-15H2,(H,30,33,35). The number of nitrogens with zero attached hydrogens (tertiary/aromatic N) is 4. The number of benzene rings is 1. The summed E-state index contributed by atoms with van der Waals surface area (Å²) in [7, 11) is 0. The minimum Gasteiger partial charge on any atom is -0.384 e. The number of carbonyl (C=O) groups excluding carboxylic acids is 1. The molecule has 5 rings (SSSR count). The molecule has 3 aliphatic rings. The Kier molecular flexibility index (Phi) is 6.44. The van der Waals surface area contributed by atoms with Crippen molar-refractivity contribution in [3.05, 3.63) is 53.7 Å². The lowest BCUT2D eigenvalue weighted by molar-refractivity contribution is -0.176. The maximum Gasteiger partial charge on any atom is 0.393 e. The van der Waals surface area contributed by atoms with E-state index in [9.17, 15) is 18.0 Å². The van der Waals surface area contributed by atoms with Crippen molar-refractivity contribution in [2.45, 2.75) is 44.2 Å². The van der Waals surface area contributed by atoms with E-state index in [1.807, 2.05) is 36.4 Å². The largest absolute Gasteiger partial charge is 0.393 e. The number of hydrogen-bond donors (Lipinski definition) is 2. The van der Waals surface area contributed by atoms with E-state index >= 15 is 0 Å². The monoisotopic (exact) mass is 484 g/mol. The van der Waals surface area contributed by atoms with Crippen LogP contribution < -0.4 is 15.5 Å². The first-order chi connectivity index (χ1) is 16.9. The summed E-state index contributed by atoms with van der Waals surface area (Å²) in [6.07, 6.45) is -1.87. The molecule has 3 aliphatic heterocycles. The predicted molar refractivity (Wildman–Crippen MR) is 129 cm³/mol. The first-order valence-electron chi connectivity index (χ1n) is 11.9. The fourth-order valence-corrected chi connectivity index (χ4v) is 4.87. The molecule has 7 nitrogen and oxygen atoms in total. The number of pyridine rings is 1. The van der Waals surface area contributed by atoms with E-state index in [4.69, 9.17) is 4.98 Å². The van der Waals surface area contributed by atoms with Gasteiger partial charge in [-0.25, -0.2) is 4.98 Å². The van der Waals surface area contributed by atoms with Crippen LogP contribution in [0.2, 0.25) is 0 Å². The fourth-order valence-electron chi connectivity index (χ4n) is 4.87. The number of piperidine rings is 1. The van der Waals surface area contributed by atoms with Crippen LogP contribution in [-0.2, 0) is 4.79 Å². The van der Waals surface area contributed by atoms with E-state index in [-0.39, 0.29) is 18.9 Å². The van der Waals surface area contributed by atoms with Crippen molar-refractivity contribution in [1.29, 1.82) is 0 Å². The molecular weight excluding hydrogens is 457 g/mol. The van der Waals surface area contributed by atoms with Crippen molar-refractivity contribution >= 4 is 29.0 Å². The highest BCUT2D eigenvalue weighted by Crippen LogP contribution is 2.36. The van der Waals surface area contributed by atoms with Gasteiger partial charge in [0.25, 0.3) is 0 Å². The second-order valence-corrected chi connectivity index (χ2v) is 9.18. The maximum absolute atomic E-state index is 13.3. The second kappa shape index (κ2) is 9.67. The molecule has 0 spiro atoms. The van der Waals surface area contributed by atoms with Gasteiger partial charge in [-0.1, -0.05) is 30.3 Å². The molecule has 1 aromatic carbocycles. The molecule has 2 atom stereocenters. The predicted octanol–water partition coefficient (Wildman–Crippen LogP) is 4.47. The zero-order chi connectivity index (χ0) is 24.4. The van der Waals surface area contributed by atoms with Crippen molar-refractivity contribution < 1.29 is 18.0 Å². The van der Waals surface area contributed by atoms with E-state index < -0.39 is 18.0 Å². The number of nitrogens with one attached hydrogen (secondary N) is 2. The van der Waals surface area contributed by atoms with Crippen molar-refractivity contribution in [2.75, 3.05) is 29.9 Å². The van der Waals surface area contributed by atoms with Gasteiger partial charge in [0, 0.05) is 19.6 Å². The average molecular weight is 485 g/mol. The minimum absolute atomic E-state index is 0.115. The zero-order valence-electron chi connectivity index (χ0n) is 19.2. The average Bonchev–Trinajstić information content (AvgIpc) is 3.22. The first kappa shape index (κ1) is 23.3. The Morgan fingerprint density at radius 3 is 2.69 bits per heavy atom. The number of rotatable bonds is 3. The molecule has 10 heteroatoms. The van der Waals surface area contributed by atoms with E-state index in [1.165, 1.54) is 0 Å². The van der Waals surface area contributed by atoms with Gasteiger partial charge in [0.1, 0.15) is 11.7 Å². The zero-order valence-corrected chi connectivity index (χ0v) is 19.2. The van der Waals surface area contributed by atoms with Gasteiger partial charge in [-0.15, -0.1) is 5.10 Å². The molecule has 0 aliphatic carbocycles. The Labute approximate surface area is 201 Å². The molecule has 1 saturated heterocycles. The Bertz CT molecular complexity index is 1150. The molecule has 0 saturated carbocycles. The molecule has 1 aromatic heterocycles. The van der Waals surface area contributed by atoms with Gasteiger partial charge in [0.2, 0.25) is 5.91 Å². The summed E-state index contributed by atoms with van der Waals surface area (Å²) in [6.45, 7) is 1.09. The maximum atomic E-state index is 13.3. The molecule has 0 bridgehead atoms. The summed E-state index contributed by atoms with van der Waals surface area (Å²) >= 11 is 0. The minimum atomic E-state index is -4.23. The van der Waals surface area contributed by atoms with E-state index in [0.29, 0.717) is 49.7 Å². The van der Waals surface area contributed by atoms with E-state index in [1.54, 1.807) is 11.0 Å². The summed E-state index contributed by atoms with van der Waals surface area (Å²) in [5, 5.41) is 14.6. The summed E-state index contributed by atoms with van der Waals surface area (Å²) in [4.78, 5) is 19.7. The van der Waals surface area contributed by atoms with Gasteiger partial charge < -0.3 is 15.5 Å². The molecule has 2 unspecified atom stereocenters. The smallest absolute Gasteiger partial charge is 0.384 e. The molecule has 0 radical (unpaired) electrons. The third-order valence-corrected chi connectivity index (χ3v) is 6.75. The second-order valence-electron chi connectivity index (χ2n) is 9.18. The van der Waals surface area contributed by atoms with Crippen molar-refractivity contribution in [1.82, 2.24) is 10.3 Å².